The van der Waals surface area contributed by atoms with Crippen molar-refractivity contribution in [3.63, 3.8) is 0 Å². The van der Waals surface area contributed by atoms with Gasteiger partial charge in [-0.25, -0.2) is 0 Å². The lowest BCUT2D eigenvalue weighted by Crippen LogP contribution is -1.85. The largest absolute Gasteiger partial charge is 0.399 e. The SMILES string of the molecule is Nc1ccc(SSc2ccccc2N)cc1. The van der Waals surface area contributed by atoms with Crippen molar-refractivity contribution in [1.82, 2.24) is 0 Å². The van der Waals surface area contributed by atoms with E-state index in [0.29, 0.717) is 0 Å². The standard InChI is InChI=1S/C12H12N2S2/c13-9-5-7-10(8-6-9)15-16-12-4-2-1-3-11(12)14/h1-8H,13-14H2. The van der Waals surface area contributed by atoms with Crippen molar-refractivity contribution in [2.24, 2.45) is 0 Å². The lowest BCUT2D eigenvalue weighted by Gasteiger charge is -2.04. The fourth-order valence-electron chi connectivity index (χ4n) is 1.17. The van der Waals surface area contributed by atoms with E-state index in [4.69, 9.17) is 11.5 Å². The number of para-hydroxylation sites is 1. The highest BCUT2D eigenvalue weighted by Gasteiger charge is 2.00. The van der Waals surface area contributed by atoms with E-state index in [9.17, 15) is 0 Å². The van der Waals surface area contributed by atoms with Crippen LogP contribution in [0.1, 0.15) is 0 Å². The third-order valence-electron chi connectivity index (χ3n) is 2.03. The monoisotopic (exact) mass is 248 g/mol. The molecule has 4 heteroatoms. The van der Waals surface area contributed by atoms with Gasteiger partial charge in [0.25, 0.3) is 0 Å². The maximum Gasteiger partial charge on any atom is 0.0461 e. The topological polar surface area (TPSA) is 52.0 Å². The molecule has 0 radical (unpaired) electrons. The van der Waals surface area contributed by atoms with E-state index < -0.39 is 0 Å². The van der Waals surface area contributed by atoms with Crippen molar-refractivity contribution in [3.8, 4) is 0 Å². The van der Waals surface area contributed by atoms with Crippen molar-refractivity contribution < 1.29 is 0 Å². The first-order valence-electron chi connectivity index (χ1n) is 4.80. The average Bonchev–Trinajstić information content (AvgIpc) is 2.30. The Hall–Kier alpha value is -1.26. The second kappa shape index (κ2) is 5.18. The van der Waals surface area contributed by atoms with Gasteiger partial charge in [0.05, 0.1) is 0 Å². The number of nitrogens with two attached hydrogens (primary N) is 2. The second-order valence-corrected chi connectivity index (χ2v) is 5.52. The molecule has 0 heterocycles. The van der Waals surface area contributed by atoms with E-state index in [0.717, 1.165) is 16.3 Å². The summed E-state index contributed by atoms with van der Waals surface area (Å²) in [6, 6.07) is 15.7. The Balaban J connectivity index is 2.02. The maximum atomic E-state index is 5.85. The van der Waals surface area contributed by atoms with Crippen LogP contribution in [0.3, 0.4) is 0 Å². The van der Waals surface area contributed by atoms with Crippen LogP contribution in [0.2, 0.25) is 0 Å². The summed E-state index contributed by atoms with van der Waals surface area (Å²) in [7, 11) is 3.33. The molecule has 0 aliphatic carbocycles. The predicted molar refractivity (Wildman–Crippen MR) is 73.4 cm³/mol. The number of hydrogen-bond acceptors (Lipinski definition) is 4. The first-order valence-corrected chi connectivity index (χ1v) is 6.95. The van der Waals surface area contributed by atoms with E-state index in [-0.39, 0.29) is 0 Å². The smallest absolute Gasteiger partial charge is 0.0461 e. The zero-order valence-corrected chi connectivity index (χ0v) is 10.2. The van der Waals surface area contributed by atoms with E-state index in [1.807, 2.05) is 48.5 Å². The molecule has 82 valence electrons. The Bertz CT molecular complexity index is 469. The molecule has 0 aliphatic rings. The van der Waals surface area contributed by atoms with Gasteiger partial charge in [-0.3, -0.25) is 0 Å². The molecule has 2 aromatic carbocycles. The average molecular weight is 248 g/mol. The Labute approximate surface area is 103 Å². The van der Waals surface area contributed by atoms with Crippen molar-refractivity contribution in [3.05, 3.63) is 48.5 Å². The molecule has 2 aromatic rings. The van der Waals surface area contributed by atoms with Crippen LogP contribution in [-0.2, 0) is 0 Å². The molecular formula is C12H12N2S2. The summed E-state index contributed by atoms with van der Waals surface area (Å²) in [5.74, 6) is 0. The molecule has 2 rings (SSSR count). The quantitative estimate of drug-likeness (QED) is 0.643. The summed E-state index contributed by atoms with van der Waals surface area (Å²) < 4.78 is 0. The van der Waals surface area contributed by atoms with E-state index in [1.165, 1.54) is 4.90 Å². The zero-order chi connectivity index (χ0) is 11.4. The zero-order valence-electron chi connectivity index (χ0n) is 8.59. The molecule has 0 amide bonds. The number of anilines is 2. The van der Waals surface area contributed by atoms with Crippen LogP contribution in [0.5, 0.6) is 0 Å². The highest BCUT2D eigenvalue weighted by atomic mass is 33.1. The van der Waals surface area contributed by atoms with Crippen LogP contribution >= 0.6 is 21.6 Å². The van der Waals surface area contributed by atoms with Gasteiger partial charge in [0.2, 0.25) is 0 Å². The van der Waals surface area contributed by atoms with E-state index in [2.05, 4.69) is 0 Å². The molecule has 0 fully saturated rings. The van der Waals surface area contributed by atoms with Gasteiger partial charge in [-0.1, -0.05) is 33.7 Å². The fraction of sp³-hybridized carbons (Fsp3) is 0. The minimum Gasteiger partial charge on any atom is -0.399 e. The highest BCUT2D eigenvalue weighted by molar-refractivity contribution is 8.76. The third-order valence-corrected chi connectivity index (χ3v) is 4.49. The van der Waals surface area contributed by atoms with Crippen LogP contribution in [0.25, 0.3) is 0 Å². The lowest BCUT2D eigenvalue weighted by atomic mass is 10.3. The van der Waals surface area contributed by atoms with Crippen LogP contribution in [-0.4, -0.2) is 0 Å². The summed E-state index contributed by atoms with van der Waals surface area (Å²) in [6.45, 7) is 0. The fourth-order valence-corrected chi connectivity index (χ4v) is 3.25. The second-order valence-electron chi connectivity index (χ2n) is 3.27. The third kappa shape index (κ3) is 2.87. The molecule has 16 heavy (non-hydrogen) atoms. The van der Waals surface area contributed by atoms with Gasteiger partial charge < -0.3 is 11.5 Å². The van der Waals surface area contributed by atoms with Gasteiger partial charge >= 0.3 is 0 Å². The van der Waals surface area contributed by atoms with Crippen molar-refractivity contribution in [1.29, 1.82) is 0 Å². The molecule has 0 spiro atoms. The highest BCUT2D eigenvalue weighted by Crippen LogP contribution is 2.39. The molecule has 0 saturated carbocycles. The summed E-state index contributed by atoms with van der Waals surface area (Å²) >= 11 is 0. The van der Waals surface area contributed by atoms with Gasteiger partial charge in [-0.05, 0) is 36.4 Å². The lowest BCUT2D eigenvalue weighted by molar-refractivity contribution is 1.46. The molecule has 4 N–H and O–H groups in total. The summed E-state index contributed by atoms with van der Waals surface area (Å²) in [6.07, 6.45) is 0. The number of benzene rings is 2. The molecule has 0 saturated heterocycles. The minimum atomic E-state index is 0.786. The molecule has 0 atom stereocenters. The summed E-state index contributed by atoms with van der Waals surface area (Å²) in [4.78, 5) is 2.26. The van der Waals surface area contributed by atoms with Gasteiger partial charge in [0.15, 0.2) is 0 Å². The summed E-state index contributed by atoms with van der Waals surface area (Å²) in [5, 5.41) is 0. The number of hydrogen-bond donors (Lipinski definition) is 2. The van der Waals surface area contributed by atoms with Crippen LogP contribution in [0.4, 0.5) is 11.4 Å². The van der Waals surface area contributed by atoms with Crippen LogP contribution in [0.15, 0.2) is 58.3 Å². The molecule has 2 nitrogen and oxygen atoms in total. The number of nitrogen functional groups attached to an aromatic ring is 2. The predicted octanol–water partition coefficient (Wildman–Crippen LogP) is 3.65. The van der Waals surface area contributed by atoms with Gasteiger partial charge in [0.1, 0.15) is 0 Å². The Morgan fingerprint density at radius 1 is 0.750 bits per heavy atom. The molecule has 0 bridgehead atoms. The maximum absolute atomic E-state index is 5.85. The normalized spacial score (nSPS) is 10.2. The molecular weight excluding hydrogens is 236 g/mol. The Kier molecular flexibility index (Phi) is 3.64. The first kappa shape index (κ1) is 11.2. The van der Waals surface area contributed by atoms with Gasteiger partial charge in [-0.15, -0.1) is 0 Å². The Morgan fingerprint density at radius 3 is 2.12 bits per heavy atom. The van der Waals surface area contributed by atoms with Crippen molar-refractivity contribution >= 4 is 33.0 Å². The van der Waals surface area contributed by atoms with Gasteiger partial charge in [0, 0.05) is 21.2 Å². The minimum absolute atomic E-state index is 0.786. The summed E-state index contributed by atoms with van der Waals surface area (Å²) in [5.41, 5.74) is 13.1. The first-order chi connectivity index (χ1) is 7.75. The van der Waals surface area contributed by atoms with Crippen LogP contribution < -0.4 is 11.5 Å². The Morgan fingerprint density at radius 2 is 1.44 bits per heavy atom. The molecule has 0 aliphatic heterocycles. The van der Waals surface area contributed by atoms with Crippen molar-refractivity contribution in [2.45, 2.75) is 9.79 Å². The molecule has 0 unspecified atom stereocenters. The molecule has 0 aromatic heterocycles. The van der Waals surface area contributed by atoms with Gasteiger partial charge in [-0.2, -0.15) is 0 Å². The van der Waals surface area contributed by atoms with E-state index >= 15 is 0 Å². The van der Waals surface area contributed by atoms with Crippen LogP contribution in [0, 0.1) is 0 Å². The van der Waals surface area contributed by atoms with Crippen molar-refractivity contribution in [2.75, 3.05) is 11.5 Å². The number of rotatable bonds is 3. The van der Waals surface area contributed by atoms with E-state index in [1.54, 1.807) is 21.6 Å².